The summed E-state index contributed by atoms with van der Waals surface area (Å²) in [7, 11) is 0. The molecule has 0 radical (unpaired) electrons. The van der Waals surface area contributed by atoms with E-state index in [9.17, 15) is 4.79 Å². The van der Waals surface area contributed by atoms with Crippen LogP contribution in [0.25, 0.3) is 0 Å². The zero-order valence-electron chi connectivity index (χ0n) is 11.5. The highest BCUT2D eigenvalue weighted by molar-refractivity contribution is 5.67. The highest BCUT2D eigenvalue weighted by Gasteiger charge is 2.15. The van der Waals surface area contributed by atoms with Gasteiger partial charge in [-0.2, -0.15) is 0 Å². The number of carbonyl (C=O) groups is 1. The molecule has 0 bridgehead atoms. The molecule has 0 heterocycles. The summed E-state index contributed by atoms with van der Waals surface area (Å²) in [6.45, 7) is 6.26. The second-order valence-corrected chi connectivity index (χ2v) is 5.37. The van der Waals surface area contributed by atoms with Crippen LogP contribution in [0.15, 0.2) is 30.3 Å². The topological polar surface area (TPSA) is 38.3 Å². The van der Waals surface area contributed by atoms with Crippen LogP contribution in [-0.2, 0) is 11.2 Å². The fourth-order valence-corrected chi connectivity index (χ4v) is 1.60. The molecule has 0 atom stereocenters. The second-order valence-electron chi connectivity index (χ2n) is 5.37. The van der Waals surface area contributed by atoms with E-state index in [0.717, 1.165) is 19.3 Å². The van der Waals surface area contributed by atoms with Crippen LogP contribution in [0, 0.1) is 0 Å². The molecule has 1 aromatic rings. The summed E-state index contributed by atoms with van der Waals surface area (Å²) in [5.41, 5.74) is 0.920. The first-order valence-corrected chi connectivity index (χ1v) is 6.48. The Labute approximate surface area is 110 Å². The molecule has 1 N–H and O–H groups in total. The fourth-order valence-electron chi connectivity index (χ4n) is 1.60. The third-order valence-corrected chi connectivity index (χ3v) is 2.40. The highest BCUT2D eigenvalue weighted by atomic mass is 16.6. The van der Waals surface area contributed by atoms with Crippen LogP contribution >= 0.6 is 0 Å². The van der Waals surface area contributed by atoms with Crippen molar-refractivity contribution in [2.24, 2.45) is 0 Å². The zero-order chi connectivity index (χ0) is 13.4. The third kappa shape index (κ3) is 6.94. The molecule has 0 saturated heterocycles. The minimum atomic E-state index is -0.422. The Morgan fingerprint density at radius 1 is 1.17 bits per heavy atom. The summed E-state index contributed by atoms with van der Waals surface area (Å²) in [6, 6.07) is 10.4. The molecule has 0 aliphatic carbocycles. The van der Waals surface area contributed by atoms with Crippen molar-refractivity contribution in [3.05, 3.63) is 35.9 Å². The molecule has 0 aliphatic rings. The highest BCUT2D eigenvalue weighted by Crippen LogP contribution is 2.07. The van der Waals surface area contributed by atoms with Gasteiger partial charge in [0.1, 0.15) is 5.60 Å². The van der Waals surface area contributed by atoms with Crippen LogP contribution in [0.3, 0.4) is 0 Å². The van der Waals surface area contributed by atoms with E-state index in [4.69, 9.17) is 4.74 Å². The van der Waals surface area contributed by atoms with Gasteiger partial charge < -0.3 is 10.1 Å². The number of aryl methyl sites for hydroxylation is 1. The summed E-state index contributed by atoms with van der Waals surface area (Å²) in [6.07, 6.45) is 2.76. The van der Waals surface area contributed by atoms with Crippen molar-refractivity contribution >= 4 is 6.09 Å². The number of carbonyl (C=O) groups excluding carboxylic acids is 1. The van der Waals surface area contributed by atoms with Gasteiger partial charge in [-0.3, -0.25) is 0 Å². The average molecular weight is 249 g/mol. The number of unbranched alkanes of at least 4 members (excludes halogenated alkanes) is 1. The molecule has 0 saturated carbocycles. The largest absolute Gasteiger partial charge is 0.444 e. The number of hydrogen-bond acceptors (Lipinski definition) is 2. The Balaban J connectivity index is 2.07. The number of nitrogens with one attached hydrogen (secondary N) is 1. The van der Waals surface area contributed by atoms with E-state index in [1.165, 1.54) is 5.56 Å². The molecule has 1 rings (SSSR count). The number of hydrogen-bond donors (Lipinski definition) is 1. The molecule has 18 heavy (non-hydrogen) atoms. The molecule has 0 aromatic heterocycles. The maximum Gasteiger partial charge on any atom is 0.407 e. The van der Waals surface area contributed by atoms with E-state index in [0.29, 0.717) is 6.54 Å². The Hall–Kier alpha value is -1.51. The minimum Gasteiger partial charge on any atom is -0.444 e. The van der Waals surface area contributed by atoms with Crippen molar-refractivity contribution in [2.45, 2.75) is 45.6 Å². The minimum absolute atomic E-state index is 0.331. The zero-order valence-corrected chi connectivity index (χ0v) is 11.5. The Morgan fingerprint density at radius 2 is 1.83 bits per heavy atom. The Morgan fingerprint density at radius 3 is 2.44 bits per heavy atom. The van der Waals surface area contributed by atoms with E-state index in [2.05, 4.69) is 17.4 Å². The normalized spacial score (nSPS) is 11.1. The van der Waals surface area contributed by atoms with E-state index >= 15 is 0 Å². The smallest absolute Gasteiger partial charge is 0.407 e. The molecule has 3 heteroatoms. The molecule has 0 aliphatic heterocycles. The van der Waals surface area contributed by atoms with Crippen molar-refractivity contribution in [2.75, 3.05) is 6.54 Å². The Kier molecular flexibility index (Phi) is 5.69. The Bertz CT molecular complexity index is 355. The van der Waals surface area contributed by atoms with E-state index in [1.54, 1.807) is 0 Å². The average Bonchev–Trinajstić information content (AvgIpc) is 2.27. The maximum atomic E-state index is 11.4. The predicted molar refractivity (Wildman–Crippen MR) is 73.6 cm³/mol. The number of alkyl carbamates (subject to hydrolysis) is 1. The van der Waals surface area contributed by atoms with Gasteiger partial charge >= 0.3 is 6.09 Å². The summed E-state index contributed by atoms with van der Waals surface area (Å²) in [4.78, 5) is 11.4. The molecule has 0 fully saturated rings. The first kappa shape index (κ1) is 14.6. The van der Waals surface area contributed by atoms with Gasteiger partial charge in [0.15, 0.2) is 0 Å². The second kappa shape index (κ2) is 7.04. The molecule has 100 valence electrons. The van der Waals surface area contributed by atoms with Crippen LogP contribution < -0.4 is 5.32 Å². The van der Waals surface area contributed by atoms with Gasteiger partial charge in [0.2, 0.25) is 0 Å². The lowest BCUT2D eigenvalue weighted by Gasteiger charge is -2.19. The lowest BCUT2D eigenvalue weighted by atomic mass is 10.1. The summed E-state index contributed by atoms with van der Waals surface area (Å²) < 4.78 is 5.15. The molecule has 0 unspecified atom stereocenters. The van der Waals surface area contributed by atoms with Gasteiger partial charge in [0.25, 0.3) is 0 Å². The van der Waals surface area contributed by atoms with Crippen LogP contribution in [0.1, 0.15) is 39.2 Å². The number of amides is 1. The van der Waals surface area contributed by atoms with Crippen LogP contribution in [-0.4, -0.2) is 18.2 Å². The summed E-state index contributed by atoms with van der Waals surface area (Å²) in [5, 5.41) is 2.76. The SMILES string of the molecule is CC(C)(C)OC(=O)NCCCCc1ccccc1. The molecular formula is C15H23NO2. The van der Waals surface area contributed by atoms with E-state index < -0.39 is 5.60 Å². The van der Waals surface area contributed by atoms with E-state index in [1.807, 2.05) is 39.0 Å². The molecule has 3 nitrogen and oxygen atoms in total. The maximum absolute atomic E-state index is 11.4. The van der Waals surface area contributed by atoms with Gasteiger partial charge in [-0.25, -0.2) is 4.79 Å². The third-order valence-electron chi connectivity index (χ3n) is 2.40. The van der Waals surface area contributed by atoms with Crippen molar-refractivity contribution in [1.29, 1.82) is 0 Å². The standard InChI is InChI=1S/C15H23NO2/c1-15(2,3)18-14(17)16-12-8-7-11-13-9-5-4-6-10-13/h4-6,9-10H,7-8,11-12H2,1-3H3,(H,16,17). The fraction of sp³-hybridized carbons (Fsp3) is 0.533. The number of rotatable bonds is 5. The van der Waals surface area contributed by atoms with Gasteiger partial charge in [0, 0.05) is 6.54 Å². The quantitative estimate of drug-likeness (QED) is 0.811. The first-order chi connectivity index (χ1) is 8.47. The van der Waals surface area contributed by atoms with Gasteiger partial charge in [-0.05, 0) is 45.6 Å². The lowest BCUT2D eigenvalue weighted by molar-refractivity contribution is 0.0527. The van der Waals surface area contributed by atoms with E-state index in [-0.39, 0.29) is 6.09 Å². The van der Waals surface area contributed by atoms with Crippen LogP contribution in [0.2, 0.25) is 0 Å². The predicted octanol–water partition coefficient (Wildman–Crippen LogP) is 3.53. The monoisotopic (exact) mass is 249 g/mol. The lowest BCUT2D eigenvalue weighted by Crippen LogP contribution is -2.33. The van der Waals surface area contributed by atoms with Crippen molar-refractivity contribution in [3.63, 3.8) is 0 Å². The van der Waals surface area contributed by atoms with Gasteiger partial charge in [-0.15, -0.1) is 0 Å². The van der Waals surface area contributed by atoms with Gasteiger partial charge in [0.05, 0.1) is 0 Å². The number of ether oxygens (including phenoxy) is 1. The summed E-state index contributed by atoms with van der Waals surface area (Å²) >= 11 is 0. The first-order valence-electron chi connectivity index (χ1n) is 6.48. The van der Waals surface area contributed by atoms with Crippen LogP contribution in [0.5, 0.6) is 0 Å². The molecule has 0 spiro atoms. The van der Waals surface area contributed by atoms with Crippen molar-refractivity contribution < 1.29 is 9.53 Å². The van der Waals surface area contributed by atoms with Crippen molar-refractivity contribution in [3.8, 4) is 0 Å². The van der Waals surface area contributed by atoms with Crippen LogP contribution in [0.4, 0.5) is 4.79 Å². The summed E-state index contributed by atoms with van der Waals surface area (Å²) in [5.74, 6) is 0. The molecular weight excluding hydrogens is 226 g/mol. The molecule has 1 amide bonds. The van der Waals surface area contributed by atoms with Gasteiger partial charge in [-0.1, -0.05) is 30.3 Å². The molecule has 1 aromatic carbocycles. The van der Waals surface area contributed by atoms with Crippen molar-refractivity contribution in [1.82, 2.24) is 5.32 Å². The number of benzene rings is 1.